The molecule has 1 heterocycles. The molecule has 0 saturated heterocycles. The monoisotopic (exact) mass is 496 g/mol. The van der Waals surface area contributed by atoms with Gasteiger partial charge in [0.1, 0.15) is 12.4 Å². The van der Waals surface area contributed by atoms with E-state index in [-0.39, 0.29) is 23.8 Å². The highest BCUT2D eigenvalue weighted by atomic mass is 16.2. The van der Waals surface area contributed by atoms with Crippen LogP contribution in [0.15, 0.2) is 72.8 Å². The van der Waals surface area contributed by atoms with Gasteiger partial charge < -0.3 is 10.2 Å². The number of benzene rings is 3. The van der Waals surface area contributed by atoms with Gasteiger partial charge in [0.25, 0.3) is 5.91 Å². The largest absolute Gasteiger partial charge is 0.329 e. The summed E-state index contributed by atoms with van der Waals surface area (Å²) in [4.78, 5) is 28.6. The summed E-state index contributed by atoms with van der Waals surface area (Å²) >= 11 is 0. The predicted octanol–water partition coefficient (Wildman–Crippen LogP) is 6.51. The lowest BCUT2D eigenvalue weighted by Gasteiger charge is -2.23. The number of carbonyl (C=O) groups excluding carboxylic acids is 2. The number of nitrogens with one attached hydrogen (secondary N) is 1. The van der Waals surface area contributed by atoms with E-state index in [1.165, 1.54) is 0 Å². The van der Waals surface area contributed by atoms with E-state index in [1.807, 2.05) is 79.7 Å². The van der Waals surface area contributed by atoms with Crippen molar-refractivity contribution in [2.75, 3.05) is 18.4 Å². The molecule has 0 aliphatic rings. The molecule has 2 amide bonds. The van der Waals surface area contributed by atoms with Gasteiger partial charge in [0.2, 0.25) is 5.91 Å². The Morgan fingerprint density at radius 1 is 0.973 bits per heavy atom. The minimum absolute atomic E-state index is 0.0358. The number of unbranched alkanes of at least 4 members (excludes halogenated alkanes) is 1. The quantitative estimate of drug-likeness (QED) is 0.302. The summed E-state index contributed by atoms with van der Waals surface area (Å²) in [7, 11) is 0. The van der Waals surface area contributed by atoms with E-state index in [0.29, 0.717) is 17.9 Å². The van der Waals surface area contributed by atoms with Crippen molar-refractivity contribution in [2.45, 2.75) is 52.9 Å². The van der Waals surface area contributed by atoms with Gasteiger partial charge in [-0.2, -0.15) is 5.10 Å². The van der Waals surface area contributed by atoms with Gasteiger partial charge in [0.15, 0.2) is 0 Å². The topological polar surface area (TPSA) is 67.2 Å². The molecule has 0 unspecified atom stereocenters. The number of anilines is 1. The highest BCUT2D eigenvalue weighted by molar-refractivity contribution is 6.08. The fourth-order valence-electron chi connectivity index (χ4n) is 4.33. The van der Waals surface area contributed by atoms with Gasteiger partial charge in [-0.05, 0) is 47.9 Å². The van der Waals surface area contributed by atoms with Gasteiger partial charge in [-0.25, -0.2) is 4.68 Å². The maximum Gasteiger partial charge on any atom is 0.254 e. The number of nitrogens with zero attached hydrogens (tertiary/aromatic N) is 3. The third kappa shape index (κ3) is 6.08. The van der Waals surface area contributed by atoms with E-state index in [0.717, 1.165) is 40.6 Å². The van der Waals surface area contributed by atoms with Gasteiger partial charge in [-0.3, -0.25) is 9.59 Å². The summed E-state index contributed by atoms with van der Waals surface area (Å²) in [6.07, 6.45) is 1.75. The molecule has 0 spiro atoms. The van der Waals surface area contributed by atoms with Gasteiger partial charge >= 0.3 is 0 Å². The number of fused-ring (bicyclic) bond motifs is 1. The molecule has 4 aromatic rings. The number of hydrogen-bond acceptors (Lipinski definition) is 3. The highest BCUT2D eigenvalue weighted by Gasteiger charge is 2.24. The summed E-state index contributed by atoms with van der Waals surface area (Å²) in [5.41, 5.74) is 3.28. The highest BCUT2D eigenvalue weighted by Crippen LogP contribution is 2.27. The molecule has 0 bridgehead atoms. The van der Waals surface area contributed by atoms with E-state index in [1.54, 1.807) is 9.58 Å². The van der Waals surface area contributed by atoms with Crippen LogP contribution in [0.2, 0.25) is 0 Å². The van der Waals surface area contributed by atoms with Crippen LogP contribution in [0.25, 0.3) is 16.5 Å². The van der Waals surface area contributed by atoms with Crippen molar-refractivity contribution < 1.29 is 9.59 Å². The zero-order valence-corrected chi connectivity index (χ0v) is 22.4. The third-order valence-electron chi connectivity index (χ3n) is 6.41. The van der Waals surface area contributed by atoms with Crippen LogP contribution >= 0.6 is 0 Å². The lowest BCUT2D eigenvalue weighted by molar-refractivity contribution is -0.116. The number of carbonyl (C=O) groups is 2. The molecule has 0 aliphatic heterocycles. The Morgan fingerprint density at radius 3 is 2.43 bits per heavy atom. The zero-order chi connectivity index (χ0) is 26.6. The van der Waals surface area contributed by atoms with E-state index in [2.05, 4.69) is 33.0 Å². The van der Waals surface area contributed by atoms with Crippen molar-refractivity contribution in [3.8, 4) is 5.69 Å². The molecule has 0 fully saturated rings. The summed E-state index contributed by atoms with van der Waals surface area (Å²) in [6, 6.07) is 23.5. The standard InChI is InChI=1S/C31H36N4O2/c1-6-7-18-34(30(37)26-17-11-14-23-13-8-9-16-25(23)26)21-29(36)32-28-20-27(31(3,4)5)33-35(28)24-15-10-12-22(2)19-24/h8-17,19-20H,6-7,18,21H2,1-5H3,(H,32,36). The molecule has 6 heteroatoms. The fourth-order valence-corrected chi connectivity index (χ4v) is 4.33. The molecule has 0 saturated carbocycles. The van der Waals surface area contributed by atoms with Crippen LogP contribution in [0, 0.1) is 6.92 Å². The first kappa shape index (κ1) is 26.1. The molecule has 6 nitrogen and oxygen atoms in total. The minimum atomic E-state index is -0.251. The van der Waals surface area contributed by atoms with E-state index in [9.17, 15) is 9.59 Å². The lowest BCUT2D eigenvalue weighted by atomic mass is 9.92. The van der Waals surface area contributed by atoms with Gasteiger partial charge in [0, 0.05) is 23.6 Å². The summed E-state index contributed by atoms with van der Waals surface area (Å²) in [6.45, 7) is 10.9. The average molecular weight is 497 g/mol. The van der Waals surface area contributed by atoms with Crippen LogP contribution in [0.4, 0.5) is 5.82 Å². The smallest absolute Gasteiger partial charge is 0.254 e. The fraction of sp³-hybridized carbons (Fsp3) is 0.323. The second-order valence-corrected chi connectivity index (χ2v) is 10.6. The molecule has 1 aromatic heterocycles. The first-order valence-electron chi connectivity index (χ1n) is 12.9. The average Bonchev–Trinajstić information content (AvgIpc) is 3.30. The van der Waals surface area contributed by atoms with Crippen LogP contribution in [0.5, 0.6) is 0 Å². The van der Waals surface area contributed by atoms with Crippen LogP contribution < -0.4 is 5.32 Å². The first-order valence-corrected chi connectivity index (χ1v) is 12.9. The van der Waals surface area contributed by atoms with Crippen LogP contribution in [0.3, 0.4) is 0 Å². The second-order valence-electron chi connectivity index (χ2n) is 10.6. The second kappa shape index (κ2) is 11.0. The Balaban J connectivity index is 1.62. The normalized spacial score (nSPS) is 11.5. The Morgan fingerprint density at radius 2 is 1.70 bits per heavy atom. The van der Waals surface area contributed by atoms with E-state index < -0.39 is 0 Å². The molecular formula is C31H36N4O2. The van der Waals surface area contributed by atoms with Gasteiger partial charge in [-0.15, -0.1) is 0 Å². The zero-order valence-electron chi connectivity index (χ0n) is 22.4. The molecule has 1 N–H and O–H groups in total. The molecule has 0 atom stereocenters. The molecule has 4 rings (SSSR count). The first-order chi connectivity index (χ1) is 17.7. The minimum Gasteiger partial charge on any atom is -0.329 e. The maximum atomic E-state index is 13.6. The van der Waals surface area contributed by atoms with Crippen molar-refractivity contribution in [2.24, 2.45) is 0 Å². The van der Waals surface area contributed by atoms with Crippen molar-refractivity contribution >= 4 is 28.4 Å². The summed E-state index contributed by atoms with van der Waals surface area (Å²) in [5, 5.41) is 9.75. The summed E-state index contributed by atoms with van der Waals surface area (Å²) < 4.78 is 1.77. The molecule has 192 valence electrons. The molecule has 0 aliphatic carbocycles. The third-order valence-corrected chi connectivity index (χ3v) is 6.41. The molecule has 37 heavy (non-hydrogen) atoms. The van der Waals surface area contributed by atoms with Crippen LogP contribution in [-0.4, -0.2) is 39.6 Å². The molecule has 3 aromatic carbocycles. The SMILES string of the molecule is CCCCN(CC(=O)Nc1cc(C(C)(C)C)nn1-c1cccc(C)c1)C(=O)c1cccc2ccccc12. The van der Waals surface area contributed by atoms with Crippen LogP contribution in [0.1, 0.15) is 62.2 Å². The number of rotatable bonds is 8. The number of hydrogen-bond donors (Lipinski definition) is 1. The maximum absolute atomic E-state index is 13.6. The lowest BCUT2D eigenvalue weighted by Crippen LogP contribution is -2.39. The number of aryl methyl sites for hydroxylation is 1. The van der Waals surface area contributed by atoms with Crippen molar-refractivity contribution in [1.29, 1.82) is 0 Å². The van der Waals surface area contributed by atoms with Gasteiger partial charge in [0.05, 0.1) is 11.4 Å². The van der Waals surface area contributed by atoms with E-state index >= 15 is 0 Å². The number of aromatic nitrogens is 2. The molecular weight excluding hydrogens is 460 g/mol. The van der Waals surface area contributed by atoms with Crippen molar-refractivity contribution in [1.82, 2.24) is 14.7 Å². The Bertz CT molecular complexity index is 1410. The van der Waals surface area contributed by atoms with Crippen LogP contribution in [-0.2, 0) is 10.2 Å². The number of amides is 2. The van der Waals surface area contributed by atoms with Crippen molar-refractivity contribution in [3.05, 3.63) is 89.6 Å². The Kier molecular flexibility index (Phi) is 7.77. The predicted molar refractivity (Wildman–Crippen MR) is 150 cm³/mol. The summed E-state index contributed by atoms with van der Waals surface area (Å²) in [5.74, 6) is 0.204. The Hall–Kier alpha value is -3.93. The van der Waals surface area contributed by atoms with E-state index in [4.69, 9.17) is 5.10 Å². The molecule has 0 radical (unpaired) electrons. The van der Waals surface area contributed by atoms with Crippen molar-refractivity contribution in [3.63, 3.8) is 0 Å². The Labute approximate surface area is 219 Å². The van der Waals surface area contributed by atoms with Gasteiger partial charge in [-0.1, -0.05) is 82.6 Å².